The molecule has 2 nitrogen and oxygen atoms in total. The lowest BCUT2D eigenvalue weighted by Gasteiger charge is -2.18. The molecule has 1 aromatic carbocycles. The van der Waals surface area contributed by atoms with Gasteiger partial charge in [-0.15, -0.1) is 0 Å². The Hall–Kier alpha value is -0.520. The fourth-order valence-electron chi connectivity index (χ4n) is 3.02. The van der Waals surface area contributed by atoms with Crippen molar-refractivity contribution in [2.75, 3.05) is 26.2 Å². The molecule has 1 N–H and O–H groups in total. The molecule has 18 heavy (non-hydrogen) atoms. The highest BCUT2D eigenvalue weighted by atomic mass is 79.9. The maximum Gasteiger partial charge on any atom is 0.144 e. The number of likely N-dealkylation sites (tertiary alicyclic amines) is 1. The van der Waals surface area contributed by atoms with E-state index in [1.807, 2.05) is 0 Å². The number of benzene rings is 1. The van der Waals surface area contributed by atoms with Gasteiger partial charge in [0.2, 0.25) is 0 Å². The number of rotatable bonds is 2. The van der Waals surface area contributed by atoms with Crippen LogP contribution in [0.4, 0.5) is 8.78 Å². The first-order valence-corrected chi connectivity index (χ1v) is 7.00. The first kappa shape index (κ1) is 12.5. The molecule has 2 aliphatic rings. The molecule has 2 aliphatic heterocycles. The van der Waals surface area contributed by atoms with E-state index in [1.165, 1.54) is 12.1 Å². The van der Waals surface area contributed by atoms with Crippen LogP contribution in [-0.4, -0.2) is 31.1 Å². The van der Waals surface area contributed by atoms with Crippen LogP contribution < -0.4 is 5.32 Å². The van der Waals surface area contributed by atoms with Gasteiger partial charge in [-0.1, -0.05) is 0 Å². The maximum absolute atomic E-state index is 13.9. The van der Waals surface area contributed by atoms with Crippen LogP contribution in [0.5, 0.6) is 0 Å². The van der Waals surface area contributed by atoms with E-state index in [0.29, 0.717) is 22.9 Å². The Bertz CT molecular complexity index is 455. The van der Waals surface area contributed by atoms with Gasteiger partial charge in [0.25, 0.3) is 0 Å². The van der Waals surface area contributed by atoms with E-state index >= 15 is 0 Å². The van der Waals surface area contributed by atoms with Gasteiger partial charge in [0.05, 0.1) is 4.47 Å². The second kappa shape index (κ2) is 4.87. The van der Waals surface area contributed by atoms with Gasteiger partial charge < -0.3 is 5.32 Å². The molecule has 2 unspecified atom stereocenters. The van der Waals surface area contributed by atoms with Crippen molar-refractivity contribution in [3.05, 3.63) is 33.8 Å². The summed E-state index contributed by atoms with van der Waals surface area (Å²) in [6.07, 6.45) is 0. The molecule has 98 valence electrons. The van der Waals surface area contributed by atoms with E-state index < -0.39 is 11.6 Å². The molecular formula is C13H15BrF2N2. The number of halogens is 3. The maximum atomic E-state index is 13.9. The Morgan fingerprint density at radius 3 is 2.56 bits per heavy atom. The highest BCUT2D eigenvalue weighted by Gasteiger charge is 2.36. The van der Waals surface area contributed by atoms with E-state index in [1.54, 1.807) is 0 Å². The van der Waals surface area contributed by atoms with Crippen molar-refractivity contribution < 1.29 is 8.78 Å². The number of hydrogen-bond donors (Lipinski definition) is 1. The average Bonchev–Trinajstić information content (AvgIpc) is 2.90. The third-order valence-corrected chi connectivity index (χ3v) is 4.60. The van der Waals surface area contributed by atoms with Gasteiger partial charge in [-0.25, -0.2) is 8.78 Å². The largest absolute Gasteiger partial charge is 0.316 e. The van der Waals surface area contributed by atoms with E-state index in [2.05, 4.69) is 26.1 Å². The molecule has 0 saturated carbocycles. The van der Waals surface area contributed by atoms with Crippen molar-refractivity contribution in [1.82, 2.24) is 10.2 Å². The summed E-state index contributed by atoms with van der Waals surface area (Å²) in [5, 5.41) is 3.36. The molecule has 2 heterocycles. The molecule has 0 bridgehead atoms. The minimum absolute atomic E-state index is 0.178. The summed E-state index contributed by atoms with van der Waals surface area (Å²) in [7, 11) is 0. The van der Waals surface area contributed by atoms with E-state index in [9.17, 15) is 8.78 Å². The number of nitrogens with zero attached hydrogens (tertiary/aromatic N) is 1. The Labute approximate surface area is 113 Å². The van der Waals surface area contributed by atoms with Gasteiger partial charge in [0, 0.05) is 25.2 Å². The zero-order valence-electron chi connectivity index (χ0n) is 9.93. The number of hydrogen-bond acceptors (Lipinski definition) is 2. The minimum atomic E-state index is -0.467. The molecule has 0 spiro atoms. The number of fused-ring (bicyclic) bond motifs is 1. The molecule has 1 aromatic rings. The van der Waals surface area contributed by atoms with Gasteiger partial charge in [-0.05, 0) is 53.0 Å². The first-order chi connectivity index (χ1) is 8.65. The Morgan fingerprint density at radius 1 is 1.22 bits per heavy atom. The van der Waals surface area contributed by atoms with E-state index in [0.717, 1.165) is 26.2 Å². The van der Waals surface area contributed by atoms with Crippen LogP contribution in [0, 0.1) is 23.5 Å². The monoisotopic (exact) mass is 316 g/mol. The van der Waals surface area contributed by atoms with E-state index in [4.69, 9.17) is 0 Å². The highest BCUT2D eigenvalue weighted by Crippen LogP contribution is 2.29. The van der Waals surface area contributed by atoms with Crippen molar-refractivity contribution in [2.45, 2.75) is 6.54 Å². The molecule has 0 radical (unpaired) electrons. The fourth-order valence-corrected chi connectivity index (χ4v) is 3.39. The molecule has 5 heteroatoms. The van der Waals surface area contributed by atoms with Gasteiger partial charge in [0.15, 0.2) is 0 Å². The molecule has 2 fully saturated rings. The average molecular weight is 317 g/mol. The third-order valence-electron chi connectivity index (χ3n) is 3.99. The zero-order valence-corrected chi connectivity index (χ0v) is 11.5. The van der Waals surface area contributed by atoms with Crippen LogP contribution in [-0.2, 0) is 6.54 Å². The number of nitrogens with one attached hydrogen (secondary N) is 1. The predicted octanol–water partition coefficient (Wildman–Crippen LogP) is 2.38. The summed E-state index contributed by atoms with van der Waals surface area (Å²) in [4.78, 5) is 2.16. The van der Waals surface area contributed by atoms with E-state index in [-0.39, 0.29) is 5.56 Å². The fraction of sp³-hybridized carbons (Fsp3) is 0.538. The molecular weight excluding hydrogens is 302 g/mol. The Balaban J connectivity index is 1.76. The van der Waals surface area contributed by atoms with Crippen LogP contribution in [0.25, 0.3) is 0 Å². The van der Waals surface area contributed by atoms with Crippen LogP contribution >= 0.6 is 15.9 Å². The topological polar surface area (TPSA) is 15.3 Å². The van der Waals surface area contributed by atoms with Gasteiger partial charge in [0.1, 0.15) is 11.6 Å². The van der Waals surface area contributed by atoms with Crippen LogP contribution in [0.3, 0.4) is 0 Å². The summed E-state index contributed by atoms with van der Waals surface area (Å²) in [5.74, 6) is 0.364. The van der Waals surface area contributed by atoms with Crippen molar-refractivity contribution >= 4 is 15.9 Å². The lowest BCUT2D eigenvalue weighted by molar-refractivity contribution is 0.295. The van der Waals surface area contributed by atoms with Crippen molar-refractivity contribution in [1.29, 1.82) is 0 Å². The summed E-state index contributed by atoms with van der Waals surface area (Å²) >= 11 is 3.11. The predicted molar refractivity (Wildman–Crippen MR) is 69.2 cm³/mol. The lowest BCUT2D eigenvalue weighted by Crippen LogP contribution is -2.26. The zero-order chi connectivity index (χ0) is 12.7. The standard InChI is InChI=1S/C13H15BrF2N2/c14-11-1-2-12(15)10(13(11)16)7-18-5-8-3-17-4-9(8)6-18/h1-2,8-9,17H,3-7H2. The normalized spacial score (nSPS) is 27.7. The first-order valence-electron chi connectivity index (χ1n) is 6.20. The highest BCUT2D eigenvalue weighted by molar-refractivity contribution is 9.10. The van der Waals surface area contributed by atoms with Crippen molar-refractivity contribution in [3.63, 3.8) is 0 Å². The summed E-state index contributed by atoms with van der Waals surface area (Å²) in [5.41, 5.74) is 0.178. The van der Waals surface area contributed by atoms with Gasteiger partial charge in [-0.3, -0.25) is 4.90 Å². The SMILES string of the molecule is Fc1ccc(Br)c(F)c1CN1CC2CNCC2C1. The molecule has 3 rings (SSSR count). The summed E-state index contributed by atoms with van der Waals surface area (Å²) < 4.78 is 27.9. The molecule has 2 saturated heterocycles. The molecule has 0 aromatic heterocycles. The minimum Gasteiger partial charge on any atom is -0.316 e. The third kappa shape index (κ3) is 2.19. The van der Waals surface area contributed by atoms with Crippen LogP contribution in [0.2, 0.25) is 0 Å². The summed E-state index contributed by atoms with van der Waals surface area (Å²) in [6.45, 7) is 4.30. The lowest BCUT2D eigenvalue weighted by atomic mass is 10.0. The smallest absolute Gasteiger partial charge is 0.144 e. The van der Waals surface area contributed by atoms with Crippen LogP contribution in [0.1, 0.15) is 5.56 Å². The Morgan fingerprint density at radius 2 is 1.89 bits per heavy atom. The second-order valence-electron chi connectivity index (χ2n) is 5.19. The van der Waals surface area contributed by atoms with Gasteiger partial charge >= 0.3 is 0 Å². The quantitative estimate of drug-likeness (QED) is 0.843. The second-order valence-corrected chi connectivity index (χ2v) is 6.05. The molecule has 0 amide bonds. The van der Waals surface area contributed by atoms with Crippen molar-refractivity contribution in [2.24, 2.45) is 11.8 Å². The van der Waals surface area contributed by atoms with Gasteiger partial charge in [-0.2, -0.15) is 0 Å². The molecule has 0 aliphatic carbocycles. The van der Waals surface area contributed by atoms with Crippen LogP contribution in [0.15, 0.2) is 16.6 Å². The molecule has 2 atom stereocenters. The summed E-state index contributed by atoms with van der Waals surface area (Å²) in [6, 6.07) is 2.73. The van der Waals surface area contributed by atoms with Crippen molar-refractivity contribution in [3.8, 4) is 0 Å². The Kier molecular flexibility index (Phi) is 3.38.